The third-order valence-corrected chi connectivity index (χ3v) is 3.25. The molecule has 9 heteroatoms. The van der Waals surface area contributed by atoms with Crippen molar-refractivity contribution in [3.8, 4) is 0 Å². The molecule has 0 aliphatic rings. The first kappa shape index (κ1) is 15.5. The fraction of sp³-hybridized carbons (Fsp3) is 0. The first-order chi connectivity index (χ1) is 9.88. The van der Waals surface area contributed by atoms with Gasteiger partial charge in [-0.1, -0.05) is 34.8 Å². The monoisotopic (exact) mass is 345 g/mol. The molecule has 0 radical (unpaired) electrons. The van der Waals surface area contributed by atoms with Gasteiger partial charge < -0.3 is 5.32 Å². The molecule has 1 amide bonds. The molecular weight excluding hydrogens is 341 g/mol. The summed E-state index contributed by atoms with van der Waals surface area (Å²) in [6, 6.07) is 6.68. The van der Waals surface area contributed by atoms with Crippen molar-refractivity contribution in [2.75, 3.05) is 5.32 Å². The van der Waals surface area contributed by atoms with Crippen molar-refractivity contribution in [2.24, 2.45) is 0 Å². The Morgan fingerprint density at radius 1 is 1.14 bits per heavy atom. The van der Waals surface area contributed by atoms with Gasteiger partial charge in [0.05, 0.1) is 9.95 Å². The van der Waals surface area contributed by atoms with E-state index in [2.05, 4.69) is 10.3 Å². The van der Waals surface area contributed by atoms with E-state index in [1.54, 1.807) is 0 Å². The van der Waals surface area contributed by atoms with E-state index in [1.165, 1.54) is 30.3 Å². The van der Waals surface area contributed by atoms with Gasteiger partial charge in [0.25, 0.3) is 11.6 Å². The maximum atomic E-state index is 12.0. The lowest BCUT2D eigenvalue weighted by molar-refractivity contribution is -0.384. The fourth-order valence-electron chi connectivity index (χ4n) is 1.50. The standard InChI is InChI=1S/C12H6Cl3N3O3/c13-7-2-4-10(15)17-11(7)12(19)16-6-1-3-9(18(20)21)8(14)5-6/h1-5H,(H,16,19). The van der Waals surface area contributed by atoms with E-state index in [4.69, 9.17) is 34.8 Å². The summed E-state index contributed by atoms with van der Waals surface area (Å²) in [7, 11) is 0. The molecular formula is C12H6Cl3N3O3. The number of amides is 1. The second-order valence-electron chi connectivity index (χ2n) is 3.84. The molecule has 0 atom stereocenters. The Morgan fingerprint density at radius 2 is 1.86 bits per heavy atom. The van der Waals surface area contributed by atoms with Crippen LogP contribution < -0.4 is 5.32 Å². The Balaban J connectivity index is 2.26. The van der Waals surface area contributed by atoms with Crippen molar-refractivity contribution in [3.05, 3.63) is 61.3 Å². The maximum Gasteiger partial charge on any atom is 0.288 e. The molecule has 6 nitrogen and oxygen atoms in total. The predicted molar refractivity (Wildman–Crippen MR) is 80.3 cm³/mol. The number of rotatable bonds is 3. The highest BCUT2D eigenvalue weighted by molar-refractivity contribution is 6.35. The SMILES string of the molecule is O=C(Nc1ccc([N+](=O)[O-])c(Cl)c1)c1nc(Cl)ccc1Cl. The summed E-state index contributed by atoms with van der Waals surface area (Å²) < 4.78 is 0. The summed E-state index contributed by atoms with van der Waals surface area (Å²) in [6.07, 6.45) is 0. The Labute approximate surface area is 133 Å². The molecule has 1 heterocycles. The van der Waals surface area contributed by atoms with Crippen LogP contribution in [0.25, 0.3) is 0 Å². The molecule has 0 aliphatic carbocycles. The molecule has 2 rings (SSSR count). The first-order valence-electron chi connectivity index (χ1n) is 5.46. The van der Waals surface area contributed by atoms with Crippen LogP contribution in [-0.2, 0) is 0 Å². The average molecular weight is 347 g/mol. The molecule has 2 aromatic rings. The van der Waals surface area contributed by atoms with Crippen LogP contribution in [-0.4, -0.2) is 15.8 Å². The number of hydrogen-bond acceptors (Lipinski definition) is 4. The Morgan fingerprint density at radius 3 is 2.48 bits per heavy atom. The molecule has 1 aromatic carbocycles. The van der Waals surface area contributed by atoms with Crippen LogP contribution in [0.3, 0.4) is 0 Å². The second-order valence-corrected chi connectivity index (χ2v) is 5.04. The van der Waals surface area contributed by atoms with Crippen molar-refractivity contribution in [1.29, 1.82) is 0 Å². The van der Waals surface area contributed by atoms with Crippen LogP contribution in [0.5, 0.6) is 0 Å². The summed E-state index contributed by atoms with van der Waals surface area (Å²) in [6.45, 7) is 0. The minimum absolute atomic E-state index is 0.0568. The minimum atomic E-state index is -0.622. The van der Waals surface area contributed by atoms with Crippen molar-refractivity contribution >= 4 is 52.1 Å². The predicted octanol–water partition coefficient (Wildman–Crippen LogP) is 4.20. The topological polar surface area (TPSA) is 85.1 Å². The molecule has 0 saturated heterocycles. The number of aromatic nitrogens is 1. The van der Waals surface area contributed by atoms with Gasteiger partial charge in [-0.3, -0.25) is 14.9 Å². The number of anilines is 1. The van der Waals surface area contributed by atoms with Crippen LogP contribution in [0, 0.1) is 10.1 Å². The minimum Gasteiger partial charge on any atom is -0.321 e. The van der Waals surface area contributed by atoms with Crippen LogP contribution >= 0.6 is 34.8 Å². The van der Waals surface area contributed by atoms with Gasteiger partial charge in [-0.25, -0.2) is 4.98 Å². The number of carbonyl (C=O) groups is 1. The van der Waals surface area contributed by atoms with Crippen LogP contribution in [0.1, 0.15) is 10.5 Å². The smallest absolute Gasteiger partial charge is 0.288 e. The van der Waals surface area contributed by atoms with Gasteiger partial charge in [-0.2, -0.15) is 0 Å². The molecule has 0 spiro atoms. The number of nitrogens with zero attached hydrogens (tertiary/aromatic N) is 2. The summed E-state index contributed by atoms with van der Waals surface area (Å²) in [5.41, 5.74) is -0.0411. The highest BCUT2D eigenvalue weighted by atomic mass is 35.5. The zero-order valence-electron chi connectivity index (χ0n) is 10.1. The van der Waals surface area contributed by atoms with E-state index in [-0.39, 0.29) is 32.3 Å². The number of pyridine rings is 1. The van der Waals surface area contributed by atoms with Gasteiger partial charge in [-0.05, 0) is 24.3 Å². The zero-order chi connectivity index (χ0) is 15.6. The lowest BCUT2D eigenvalue weighted by atomic mass is 10.2. The van der Waals surface area contributed by atoms with E-state index in [9.17, 15) is 14.9 Å². The highest BCUT2D eigenvalue weighted by Crippen LogP contribution is 2.27. The largest absolute Gasteiger partial charge is 0.321 e. The van der Waals surface area contributed by atoms with E-state index in [0.717, 1.165) is 0 Å². The lowest BCUT2D eigenvalue weighted by Gasteiger charge is -2.07. The van der Waals surface area contributed by atoms with Crippen molar-refractivity contribution in [1.82, 2.24) is 4.98 Å². The molecule has 0 bridgehead atoms. The van der Waals surface area contributed by atoms with Gasteiger partial charge in [0.1, 0.15) is 15.9 Å². The van der Waals surface area contributed by atoms with Crippen molar-refractivity contribution in [3.63, 3.8) is 0 Å². The first-order valence-corrected chi connectivity index (χ1v) is 6.59. The molecule has 0 unspecified atom stereocenters. The number of nitrogens with one attached hydrogen (secondary N) is 1. The second kappa shape index (κ2) is 6.26. The van der Waals surface area contributed by atoms with Gasteiger partial charge in [0.2, 0.25) is 0 Å². The molecule has 1 N–H and O–H groups in total. The van der Waals surface area contributed by atoms with Crippen LogP contribution in [0.4, 0.5) is 11.4 Å². The van der Waals surface area contributed by atoms with Crippen molar-refractivity contribution in [2.45, 2.75) is 0 Å². The van der Waals surface area contributed by atoms with Gasteiger partial charge in [-0.15, -0.1) is 0 Å². The summed E-state index contributed by atoms with van der Waals surface area (Å²) >= 11 is 17.3. The number of nitro benzene ring substituents is 1. The van der Waals surface area contributed by atoms with E-state index in [1.807, 2.05) is 0 Å². The van der Waals surface area contributed by atoms with Gasteiger partial charge in [0.15, 0.2) is 0 Å². The van der Waals surface area contributed by atoms with E-state index < -0.39 is 10.8 Å². The zero-order valence-corrected chi connectivity index (χ0v) is 12.4. The van der Waals surface area contributed by atoms with Crippen LogP contribution in [0.15, 0.2) is 30.3 Å². The quantitative estimate of drug-likeness (QED) is 0.512. The molecule has 108 valence electrons. The molecule has 0 aliphatic heterocycles. The average Bonchev–Trinajstić information content (AvgIpc) is 2.41. The number of carbonyl (C=O) groups excluding carboxylic acids is 1. The summed E-state index contributed by atoms with van der Waals surface area (Å²) in [4.78, 5) is 25.9. The summed E-state index contributed by atoms with van der Waals surface area (Å²) in [5, 5.41) is 13.3. The van der Waals surface area contributed by atoms with Crippen LogP contribution in [0.2, 0.25) is 15.2 Å². The Hall–Kier alpha value is -1.89. The van der Waals surface area contributed by atoms with Crippen molar-refractivity contribution < 1.29 is 9.72 Å². The maximum absolute atomic E-state index is 12.0. The Kier molecular flexibility index (Phi) is 4.62. The normalized spacial score (nSPS) is 10.2. The third-order valence-electron chi connectivity index (χ3n) is 2.43. The molecule has 0 saturated carbocycles. The molecule has 1 aromatic heterocycles. The number of halogens is 3. The number of hydrogen-bond donors (Lipinski definition) is 1. The van der Waals surface area contributed by atoms with Gasteiger partial charge >= 0.3 is 0 Å². The van der Waals surface area contributed by atoms with Gasteiger partial charge in [0, 0.05) is 11.8 Å². The number of benzene rings is 1. The highest BCUT2D eigenvalue weighted by Gasteiger charge is 2.16. The summed E-state index contributed by atoms with van der Waals surface area (Å²) in [5.74, 6) is -0.604. The molecule has 0 fully saturated rings. The Bertz CT molecular complexity index is 737. The third kappa shape index (κ3) is 3.60. The van der Waals surface area contributed by atoms with E-state index in [0.29, 0.717) is 0 Å². The molecule has 21 heavy (non-hydrogen) atoms. The van der Waals surface area contributed by atoms with E-state index >= 15 is 0 Å². The number of nitro groups is 1. The lowest BCUT2D eigenvalue weighted by Crippen LogP contribution is -2.14. The fourth-order valence-corrected chi connectivity index (χ4v) is 2.09.